The number of anilines is 2. The Hall–Kier alpha value is -5.54. The molecule has 4 aromatic rings. The molecule has 0 aliphatic carbocycles. The third-order valence-electron chi connectivity index (χ3n) is 6.17. The highest BCUT2D eigenvalue weighted by Gasteiger charge is 2.14. The molecule has 0 saturated heterocycles. The maximum Gasteiger partial charge on any atom is 0.266 e. The maximum absolute atomic E-state index is 12.8. The van der Waals surface area contributed by atoms with E-state index in [4.69, 9.17) is 32.7 Å². The van der Waals surface area contributed by atoms with Gasteiger partial charge in [-0.05, 0) is 71.8 Å². The second-order valence-electron chi connectivity index (χ2n) is 9.39. The van der Waals surface area contributed by atoms with Crippen molar-refractivity contribution in [1.82, 2.24) is 0 Å². The van der Waals surface area contributed by atoms with Crippen LogP contribution in [0.4, 0.5) is 11.4 Å². The van der Waals surface area contributed by atoms with E-state index in [0.717, 1.165) is 0 Å². The van der Waals surface area contributed by atoms with Crippen molar-refractivity contribution in [3.63, 3.8) is 0 Å². The van der Waals surface area contributed by atoms with Crippen LogP contribution in [0.2, 0.25) is 10.0 Å². The van der Waals surface area contributed by atoms with Gasteiger partial charge in [-0.25, -0.2) is 0 Å². The average Bonchev–Trinajstić information content (AvgIpc) is 3.05. The van der Waals surface area contributed by atoms with Gasteiger partial charge >= 0.3 is 0 Å². The van der Waals surface area contributed by atoms with E-state index in [1.165, 1.54) is 12.2 Å². The molecule has 8 nitrogen and oxygen atoms in total. The first-order chi connectivity index (χ1) is 21.9. The van der Waals surface area contributed by atoms with Crippen LogP contribution >= 0.6 is 23.2 Å². The van der Waals surface area contributed by atoms with E-state index in [9.17, 15) is 20.1 Å². The van der Waals surface area contributed by atoms with Gasteiger partial charge in [0.25, 0.3) is 11.8 Å². The molecule has 0 spiro atoms. The number of carbonyl (C=O) groups is 2. The minimum absolute atomic E-state index is 0.0753. The number of amides is 2. The highest BCUT2D eigenvalue weighted by molar-refractivity contribution is 6.30. The zero-order valence-electron chi connectivity index (χ0n) is 23.8. The van der Waals surface area contributed by atoms with E-state index in [2.05, 4.69) is 10.6 Å². The lowest BCUT2D eigenvalue weighted by Crippen LogP contribution is -2.15. The second kappa shape index (κ2) is 16.3. The van der Waals surface area contributed by atoms with E-state index in [1.54, 1.807) is 97.1 Å². The first-order valence-corrected chi connectivity index (χ1v) is 14.4. The van der Waals surface area contributed by atoms with E-state index in [1.807, 2.05) is 12.1 Å². The molecule has 10 heteroatoms. The first kappa shape index (κ1) is 32.4. The topological polar surface area (TPSA) is 124 Å². The summed E-state index contributed by atoms with van der Waals surface area (Å²) in [5, 5.41) is 25.6. The van der Waals surface area contributed by atoms with Crippen molar-refractivity contribution in [3.8, 4) is 23.6 Å². The van der Waals surface area contributed by atoms with Gasteiger partial charge in [0.05, 0.1) is 24.6 Å². The number of halogens is 2. The van der Waals surface area contributed by atoms with Crippen LogP contribution in [0.3, 0.4) is 0 Å². The molecule has 0 atom stereocenters. The molecule has 0 unspecified atom stereocenters. The number of nitrogens with one attached hydrogen (secondary N) is 2. The van der Waals surface area contributed by atoms with Gasteiger partial charge in [-0.2, -0.15) is 10.5 Å². The Kier molecular flexibility index (Phi) is 11.8. The number of hydrogen-bond donors (Lipinski definition) is 2. The van der Waals surface area contributed by atoms with Crippen LogP contribution in [0.15, 0.2) is 108 Å². The van der Waals surface area contributed by atoms with Crippen molar-refractivity contribution < 1.29 is 19.1 Å². The normalized spacial score (nSPS) is 11.1. The zero-order valence-corrected chi connectivity index (χ0v) is 25.3. The smallest absolute Gasteiger partial charge is 0.266 e. The van der Waals surface area contributed by atoms with Crippen LogP contribution in [-0.4, -0.2) is 25.0 Å². The maximum atomic E-state index is 12.8. The molecular weight excluding hydrogens is 611 g/mol. The van der Waals surface area contributed by atoms with Gasteiger partial charge in [0.2, 0.25) is 0 Å². The Bertz CT molecular complexity index is 1670. The van der Waals surface area contributed by atoms with Crippen LogP contribution in [-0.2, 0) is 9.59 Å². The summed E-state index contributed by atoms with van der Waals surface area (Å²) in [4.78, 5) is 25.6. The van der Waals surface area contributed by atoms with Gasteiger partial charge in [-0.15, -0.1) is 0 Å². The molecule has 0 radical (unpaired) electrons. The number of carbonyl (C=O) groups excluding carboxylic acids is 2. The van der Waals surface area contributed by atoms with Gasteiger partial charge in [0, 0.05) is 16.5 Å². The van der Waals surface area contributed by atoms with Crippen LogP contribution in [0.25, 0.3) is 12.2 Å². The number of nitriles is 2. The van der Waals surface area contributed by atoms with Crippen LogP contribution in [0.1, 0.15) is 17.5 Å². The van der Waals surface area contributed by atoms with Crippen molar-refractivity contribution in [2.45, 2.75) is 6.42 Å². The standard InChI is InChI=1S/C35H26Cl2N4O4/c36-28-14-10-24(11-15-28)20-26(22-38)34(42)40-30-6-1-3-8-32(30)44-18-5-19-45-33-9-4-2-7-31(33)41-35(43)27(23-39)21-25-12-16-29(37)17-13-25/h1-4,6-17,20-21H,5,18-19H2,(H,40,42)(H,41,43)/b26-20-,27-21+. The SMILES string of the molecule is N#C/C(=C/c1ccc(Cl)cc1)C(=O)Nc1ccccc1OCCCOc1ccccc1NC(=O)/C(C#N)=C/c1ccc(Cl)cc1. The Morgan fingerprint density at radius 1 is 0.622 bits per heavy atom. The first-order valence-electron chi connectivity index (χ1n) is 13.7. The zero-order chi connectivity index (χ0) is 32.0. The molecule has 45 heavy (non-hydrogen) atoms. The van der Waals surface area contributed by atoms with E-state index in [-0.39, 0.29) is 24.4 Å². The third-order valence-corrected chi connectivity index (χ3v) is 6.67. The average molecular weight is 638 g/mol. The van der Waals surface area contributed by atoms with Crippen molar-refractivity contribution in [2.24, 2.45) is 0 Å². The second-order valence-corrected chi connectivity index (χ2v) is 10.3. The van der Waals surface area contributed by atoms with Crippen LogP contribution < -0.4 is 20.1 Å². The van der Waals surface area contributed by atoms with Gasteiger partial charge in [0.15, 0.2) is 0 Å². The van der Waals surface area contributed by atoms with E-state index < -0.39 is 11.8 Å². The molecule has 2 N–H and O–H groups in total. The molecule has 224 valence electrons. The lowest BCUT2D eigenvalue weighted by atomic mass is 10.1. The molecule has 0 aliphatic rings. The number of para-hydroxylation sites is 4. The predicted molar refractivity (Wildman–Crippen MR) is 176 cm³/mol. The highest BCUT2D eigenvalue weighted by atomic mass is 35.5. The molecule has 4 aromatic carbocycles. The van der Waals surface area contributed by atoms with Gasteiger partial charge in [-0.3, -0.25) is 9.59 Å². The number of hydrogen-bond acceptors (Lipinski definition) is 6. The van der Waals surface area contributed by atoms with Crippen molar-refractivity contribution in [3.05, 3.63) is 129 Å². The minimum Gasteiger partial charge on any atom is -0.491 e. The predicted octanol–water partition coefficient (Wildman–Crippen LogP) is 7.93. The largest absolute Gasteiger partial charge is 0.491 e. The number of ether oxygens (including phenoxy) is 2. The quantitative estimate of drug-likeness (QED) is 0.0924. The van der Waals surface area contributed by atoms with Crippen molar-refractivity contribution >= 4 is 58.5 Å². The van der Waals surface area contributed by atoms with Gasteiger partial charge in [0.1, 0.15) is 34.8 Å². The Labute approximate surface area is 270 Å². The molecule has 0 saturated carbocycles. The molecular formula is C35H26Cl2N4O4. The Balaban J connectivity index is 1.31. The summed E-state index contributed by atoms with van der Waals surface area (Å²) in [7, 11) is 0. The van der Waals surface area contributed by atoms with Crippen molar-refractivity contribution in [2.75, 3.05) is 23.8 Å². The van der Waals surface area contributed by atoms with Gasteiger partial charge in [-0.1, -0.05) is 71.7 Å². The molecule has 0 aliphatic heterocycles. The fourth-order valence-electron chi connectivity index (χ4n) is 3.94. The number of rotatable bonds is 12. The lowest BCUT2D eigenvalue weighted by Gasteiger charge is -2.14. The van der Waals surface area contributed by atoms with Crippen LogP contribution in [0.5, 0.6) is 11.5 Å². The number of benzene rings is 4. The summed E-state index contributed by atoms with van der Waals surface area (Å²) in [5.41, 5.74) is 2.00. The van der Waals surface area contributed by atoms with E-state index >= 15 is 0 Å². The van der Waals surface area contributed by atoms with Crippen LogP contribution in [0, 0.1) is 22.7 Å². The molecule has 0 bridgehead atoms. The molecule has 0 fully saturated rings. The molecule has 2 amide bonds. The molecule has 0 heterocycles. The van der Waals surface area contributed by atoms with Crippen molar-refractivity contribution in [1.29, 1.82) is 10.5 Å². The fourth-order valence-corrected chi connectivity index (χ4v) is 4.19. The Morgan fingerprint density at radius 3 is 1.38 bits per heavy atom. The summed E-state index contributed by atoms with van der Waals surface area (Å²) < 4.78 is 11.8. The lowest BCUT2D eigenvalue weighted by molar-refractivity contribution is -0.113. The number of nitrogens with zero attached hydrogens (tertiary/aromatic N) is 2. The van der Waals surface area contributed by atoms with Gasteiger partial charge < -0.3 is 20.1 Å². The molecule has 0 aromatic heterocycles. The monoisotopic (exact) mass is 636 g/mol. The Morgan fingerprint density at radius 2 is 1.00 bits per heavy atom. The third kappa shape index (κ3) is 9.74. The summed E-state index contributed by atoms with van der Waals surface area (Å²) >= 11 is 11.8. The molecule has 4 rings (SSSR count). The summed E-state index contributed by atoms with van der Waals surface area (Å²) in [5.74, 6) is -0.293. The highest BCUT2D eigenvalue weighted by Crippen LogP contribution is 2.27. The van der Waals surface area contributed by atoms with E-state index in [0.29, 0.717) is 50.5 Å². The minimum atomic E-state index is -0.576. The fraction of sp³-hybridized carbons (Fsp3) is 0.0857. The summed E-state index contributed by atoms with van der Waals surface area (Å²) in [6.07, 6.45) is 3.43. The summed E-state index contributed by atoms with van der Waals surface area (Å²) in [6, 6.07) is 31.2. The summed E-state index contributed by atoms with van der Waals surface area (Å²) in [6.45, 7) is 0.519.